The molecule has 1 saturated carbocycles. The fourth-order valence-corrected chi connectivity index (χ4v) is 2.76. The van der Waals surface area contributed by atoms with Crippen LogP contribution in [0.15, 0.2) is 36.5 Å². The van der Waals surface area contributed by atoms with E-state index in [0.717, 1.165) is 12.2 Å². The number of nitrogens with zero attached hydrogens (tertiary/aromatic N) is 1. The molecule has 0 bridgehead atoms. The van der Waals surface area contributed by atoms with Gasteiger partial charge < -0.3 is 10.1 Å². The van der Waals surface area contributed by atoms with E-state index >= 15 is 0 Å². The molecule has 0 aliphatic heterocycles. The molecule has 4 nitrogen and oxygen atoms in total. The Labute approximate surface area is 147 Å². The predicted octanol–water partition coefficient (Wildman–Crippen LogP) is 3.54. The molecule has 0 spiro atoms. The van der Waals surface area contributed by atoms with Gasteiger partial charge in [-0.15, -0.1) is 0 Å². The maximum Gasteiger partial charge on any atom is 0.252 e. The molecular formula is C17H16FIN2O2. The number of hydrogen-bond acceptors (Lipinski definition) is 3. The maximum absolute atomic E-state index is 13.1. The lowest BCUT2D eigenvalue weighted by molar-refractivity contribution is 0.0950. The monoisotopic (exact) mass is 426 g/mol. The zero-order valence-corrected chi connectivity index (χ0v) is 14.5. The van der Waals surface area contributed by atoms with E-state index in [1.165, 1.54) is 31.0 Å². The Balaban J connectivity index is 1.53. The molecule has 0 unspecified atom stereocenters. The summed E-state index contributed by atoms with van der Waals surface area (Å²) in [7, 11) is 0. The quantitative estimate of drug-likeness (QED) is 0.720. The molecule has 3 rings (SSSR count). The van der Waals surface area contributed by atoms with Crippen LogP contribution in [-0.2, 0) is 6.54 Å². The molecule has 1 N–H and O–H groups in total. The highest BCUT2D eigenvalue weighted by molar-refractivity contribution is 14.1. The first-order valence-corrected chi connectivity index (χ1v) is 8.50. The molecular weight excluding hydrogens is 410 g/mol. The van der Waals surface area contributed by atoms with Gasteiger partial charge in [0.15, 0.2) is 0 Å². The zero-order chi connectivity index (χ0) is 16.2. The van der Waals surface area contributed by atoms with Gasteiger partial charge in [-0.3, -0.25) is 4.79 Å². The topological polar surface area (TPSA) is 51.2 Å². The Hall–Kier alpha value is -1.70. The summed E-state index contributed by atoms with van der Waals surface area (Å²) in [4.78, 5) is 16.4. The summed E-state index contributed by atoms with van der Waals surface area (Å²) in [5.41, 5.74) is 1.35. The van der Waals surface area contributed by atoms with Crippen molar-refractivity contribution in [3.63, 3.8) is 0 Å². The number of carbonyl (C=O) groups excluding carboxylic acids is 1. The van der Waals surface area contributed by atoms with Crippen molar-refractivity contribution in [1.82, 2.24) is 10.3 Å². The normalized spacial score (nSPS) is 13.7. The molecule has 6 heteroatoms. The number of rotatable bonds is 6. The number of carbonyl (C=O) groups is 1. The SMILES string of the molecule is O=C(NCc1ccc(OCC2CC2)nc1)c1ccc(F)cc1I. The van der Waals surface area contributed by atoms with Crippen LogP contribution in [0.1, 0.15) is 28.8 Å². The lowest BCUT2D eigenvalue weighted by atomic mass is 10.2. The van der Waals surface area contributed by atoms with E-state index in [9.17, 15) is 9.18 Å². The van der Waals surface area contributed by atoms with Crippen molar-refractivity contribution in [2.75, 3.05) is 6.61 Å². The van der Waals surface area contributed by atoms with E-state index in [2.05, 4.69) is 10.3 Å². The molecule has 120 valence electrons. The van der Waals surface area contributed by atoms with Crippen molar-refractivity contribution in [3.8, 4) is 5.88 Å². The number of amides is 1. The van der Waals surface area contributed by atoms with Gasteiger partial charge in [-0.05, 0) is 65.1 Å². The average Bonchev–Trinajstić information content (AvgIpc) is 3.36. The molecule has 1 aromatic heterocycles. The Morgan fingerprint density at radius 3 is 2.83 bits per heavy atom. The number of hydrogen-bond donors (Lipinski definition) is 1. The van der Waals surface area contributed by atoms with E-state index in [0.29, 0.717) is 27.5 Å². The second kappa shape index (κ2) is 7.25. The minimum absolute atomic E-state index is 0.233. The Kier molecular flexibility index (Phi) is 5.09. The summed E-state index contributed by atoms with van der Waals surface area (Å²) in [6.45, 7) is 1.09. The third kappa shape index (κ3) is 4.63. The first-order valence-electron chi connectivity index (χ1n) is 7.43. The highest BCUT2D eigenvalue weighted by Crippen LogP contribution is 2.29. The van der Waals surface area contributed by atoms with Gasteiger partial charge in [-0.25, -0.2) is 9.37 Å². The number of nitrogens with one attached hydrogen (secondary N) is 1. The molecule has 1 aliphatic rings. The molecule has 1 fully saturated rings. The van der Waals surface area contributed by atoms with Crippen LogP contribution >= 0.6 is 22.6 Å². The highest BCUT2D eigenvalue weighted by atomic mass is 127. The predicted molar refractivity (Wildman–Crippen MR) is 92.7 cm³/mol. The summed E-state index contributed by atoms with van der Waals surface area (Å²) in [5.74, 6) is 0.717. The van der Waals surface area contributed by atoms with Crippen molar-refractivity contribution < 1.29 is 13.9 Å². The summed E-state index contributed by atoms with van der Waals surface area (Å²) < 4.78 is 19.2. The van der Waals surface area contributed by atoms with Gasteiger partial charge in [0.1, 0.15) is 5.82 Å². The molecule has 0 atom stereocenters. The van der Waals surface area contributed by atoms with Crippen molar-refractivity contribution in [3.05, 3.63) is 57.0 Å². The number of aromatic nitrogens is 1. The molecule has 1 aliphatic carbocycles. The summed E-state index contributed by atoms with van der Waals surface area (Å²) >= 11 is 1.95. The lowest BCUT2D eigenvalue weighted by Crippen LogP contribution is -2.23. The Morgan fingerprint density at radius 1 is 1.35 bits per heavy atom. The summed E-state index contributed by atoms with van der Waals surface area (Å²) in [6, 6.07) is 7.80. The van der Waals surface area contributed by atoms with Crippen LogP contribution in [0.5, 0.6) is 5.88 Å². The van der Waals surface area contributed by atoms with E-state index in [4.69, 9.17) is 4.74 Å². The van der Waals surface area contributed by atoms with E-state index < -0.39 is 0 Å². The highest BCUT2D eigenvalue weighted by Gasteiger charge is 2.22. The molecule has 1 aromatic carbocycles. The van der Waals surface area contributed by atoms with Gasteiger partial charge in [0.2, 0.25) is 5.88 Å². The average molecular weight is 426 g/mol. The first-order chi connectivity index (χ1) is 11.1. The number of ether oxygens (including phenoxy) is 1. The Morgan fingerprint density at radius 2 is 2.17 bits per heavy atom. The standard InChI is InChI=1S/C17H16FIN2O2/c18-13-4-5-14(15(19)7-13)17(22)21-9-12-3-6-16(20-8-12)23-10-11-1-2-11/h3-8,11H,1-2,9-10H2,(H,21,22). The van der Waals surface area contributed by atoms with Crippen LogP contribution in [0.2, 0.25) is 0 Å². The van der Waals surface area contributed by atoms with Gasteiger partial charge in [-0.1, -0.05) is 6.07 Å². The summed E-state index contributed by atoms with van der Waals surface area (Å²) in [5, 5.41) is 2.81. The van der Waals surface area contributed by atoms with Crippen molar-refractivity contribution >= 4 is 28.5 Å². The van der Waals surface area contributed by atoms with E-state index in [1.807, 2.05) is 34.7 Å². The maximum atomic E-state index is 13.1. The molecule has 0 radical (unpaired) electrons. The second-order valence-corrected chi connectivity index (χ2v) is 6.73. The third-order valence-electron chi connectivity index (χ3n) is 3.59. The number of pyridine rings is 1. The van der Waals surface area contributed by atoms with Crippen LogP contribution in [0.25, 0.3) is 0 Å². The fraction of sp³-hybridized carbons (Fsp3) is 0.294. The molecule has 0 saturated heterocycles. The zero-order valence-electron chi connectivity index (χ0n) is 12.4. The van der Waals surface area contributed by atoms with Crippen LogP contribution in [0, 0.1) is 15.3 Å². The van der Waals surface area contributed by atoms with Gasteiger partial charge in [0, 0.05) is 22.4 Å². The van der Waals surface area contributed by atoms with Crippen molar-refractivity contribution in [2.24, 2.45) is 5.92 Å². The summed E-state index contributed by atoms with van der Waals surface area (Å²) in [6.07, 6.45) is 4.18. The van der Waals surface area contributed by atoms with Crippen LogP contribution in [0.3, 0.4) is 0 Å². The van der Waals surface area contributed by atoms with Crippen molar-refractivity contribution in [1.29, 1.82) is 0 Å². The Bertz CT molecular complexity index is 702. The van der Waals surface area contributed by atoms with Crippen LogP contribution < -0.4 is 10.1 Å². The van der Waals surface area contributed by atoms with Gasteiger partial charge in [-0.2, -0.15) is 0 Å². The lowest BCUT2D eigenvalue weighted by Gasteiger charge is -2.08. The fourth-order valence-electron chi connectivity index (χ4n) is 2.04. The van der Waals surface area contributed by atoms with Gasteiger partial charge in [0.05, 0.1) is 12.2 Å². The number of benzene rings is 1. The van der Waals surface area contributed by atoms with Crippen LogP contribution in [0.4, 0.5) is 4.39 Å². The van der Waals surface area contributed by atoms with Gasteiger partial charge >= 0.3 is 0 Å². The largest absolute Gasteiger partial charge is 0.477 e. The van der Waals surface area contributed by atoms with Gasteiger partial charge in [0.25, 0.3) is 5.91 Å². The molecule has 1 amide bonds. The smallest absolute Gasteiger partial charge is 0.252 e. The molecule has 23 heavy (non-hydrogen) atoms. The first kappa shape index (κ1) is 16.2. The third-order valence-corrected chi connectivity index (χ3v) is 4.48. The van der Waals surface area contributed by atoms with Crippen LogP contribution in [-0.4, -0.2) is 17.5 Å². The molecule has 2 aromatic rings. The van der Waals surface area contributed by atoms with E-state index in [1.54, 1.807) is 6.20 Å². The minimum Gasteiger partial charge on any atom is -0.477 e. The number of halogens is 2. The minimum atomic E-state index is -0.350. The van der Waals surface area contributed by atoms with Crippen molar-refractivity contribution in [2.45, 2.75) is 19.4 Å². The molecule has 1 heterocycles. The van der Waals surface area contributed by atoms with E-state index in [-0.39, 0.29) is 11.7 Å². The second-order valence-electron chi connectivity index (χ2n) is 5.57.